The van der Waals surface area contributed by atoms with E-state index in [0.29, 0.717) is 0 Å². The summed E-state index contributed by atoms with van der Waals surface area (Å²) < 4.78 is 0. The predicted octanol–water partition coefficient (Wildman–Crippen LogP) is 7.25. The van der Waals surface area contributed by atoms with E-state index in [9.17, 15) is 0 Å². The van der Waals surface area contributed by atoms with Gasteiger partial charge in [0, 0.05) is 11.1 Å². The molecule has 0 saturated heterocycles. The van der Waals surface area contributed by atoms with Crippen LogP contribution in [0.1, 0.15) is 11.1 Å². The Labute approximate surface area is 176 Å². The quantitative estimate of drug-likeness (QED) is 0.326. The molecule has 2 heteroatoms. The standard InChI is InChI=1S/C28H22N2/c1-19-17-25-26(18-20(19)2)30-28(27(29-25)23-11-7-4-8-12-23)24-15-13-22(14-16-24)21-9-5-3-6-10-21/h3-18H,1-2H3. The average Bonchev–Trinajstić information content (AvgIpc) is 2.80. The van der Waals surface area contributed by atoms with Gasteiger partial charge in [-0.15, -0.1) is 0 Å². The van der Waals surface area contributed by atoms with Crippen LogP contribution in [-0.2, 0) is 0 Å². The number of hydrogen-bond donors (Lipinski definition) is 0. The van der Waals surface area contributed by atoms with Crippen molar-refractivity contribution in [1.29, 1.82) is 0 Å². The summed E-state index contributed by atoms with van der Waals surface area (Å²) in [6.07, 6.45) is 0. The molecule has 0 fully saturated rings. The lowest BCUT2D eigenvalue weighted by atomic mass is 9.99. The third-order valence-electron chi connectivity index (χ3n) is 5.59. The maximum Gasteiger partial charge on any atom is 0.0973 e. The molecule has 1 heterocycles. The van der Waals surface area contributed by atoms with Crippen LogP contribution in [0.2, 0.25) is 0 Å². The summed E-state index contributed by atoms with van der Waals surface area (Å²) >= 11 is 0. The highest BCUT2D eigenvalue weighted by atomic mass is 14.8. The number of hydrogen-bond acceptors (Lipinski definition) is 2. The smallest absolute Gasteiger partial charge is 0.0973 e. The molecule has 0 aliphatic rings. The van der Waals surface area contributed by atoms with Crippen LogP contribution in [0.15, 0.2) is 97.1 Å². The van der Waals surface area contributed by atoms with Gasteiger partial charge in [-0.2, -0.15) is 0 Å². The molecule has 0 aliphatic heterocycles. The minimum atomic E-state index is 0.913. The number of rotatable bonds is 3. The lowest BCUT2D eigenvalue weighted by Gasteiger charge is -2.12. The van der Waals surface area contributed by atoms with Crippen LogP contribution in [0.3, 0.4) is 0 Å². The van der Waals surface area contributed by atoms with Gasteiger partial charge in [-0.3, -0.25) is 0 Å². The van der Waals surface area contributed by atoms with Crippen molar-refractivity contribution >= 4 is 11.0 Å². The maximum atomic E-state index is 5.06. The summed E-state index contributed by atoms with van der Waals surface area (Å²) in [4.78, 5) is 10.1. The lowest BCUT2D eigenvalue weighted by Crippen LogP contribution is -1.97. The molecule has 1 aromatic heterocycles. The first-order valence-corrected chi connectivity index (χ1v) is 10.2. The minimum absolute atomic E-state index is 0.913. The molecule has 0 aliphatic carbocycles. The number of aromatic nitrogens is 2. The summed E-state index contributed by atoms with van der Waals surface area (Å²) in [6, 6.07) is 33.6. The van der Waals surface area contributed by atoms with Gasteiger partial charge in [0.15, 0.2) is 0 Å². The van der Waals surface area contributed by atoms with Crippen molar-refractivity contribution in [3.63, 3.8) is 0 Å². The molecule has 30 heavy (non-hydrogen) atoms. The van der Waals surface area contributed by atoms with E-state index in [-0.39, 0.29) is 0 Å². The number of benzene rings is 4. The van der Waals surface area contributed by atoms with Gasteiger partial charge in [-0.1, -0.05) is 84.9 Å². The van der Waals surface area contributed by atoms with E-state index in [4.69, 9.17) is 9.97 Å². The van der Waals surface area contributed by atoms with Crippen molar-refractivity contribution in [3.05, 3.63) is 108 Å². The Morgan fingerprint density at radius 3 is 1.30 bits per heavy atom. The second-order valence-electron chi connectivity index (χ2n) is 7.66. The number of nitrogens with zero attached hydrogens (tertiary/aromatic N) is 2. The van der Waals surface area contributed by atoms with Crippen LogP contribution in [0.25, 0.3) is 44.7 Å². The van der Waals surface area contributed by atoms with Crippen molar-refractivity contribution < 1.29 is 0 Å². The number of aryl methyl sites for hydroxylation is 2. The summed E-state index contributed by atoms with van der Waals surface area (Å²) in [6.45, 7) is 4.24. The fourth-order valence-corrected chi connectivity index (χ4v) is 3.76. The summed E-state index contributed by atoms with van der Waals surface area (Å²) in [5.74, 6) is 0. The van der Waals surface area contributed by atoms with E-state index in [2.05, 4.69) is 86.6 Å². The highest BCUT2D eigenvalue weighted by Crippen LogP contribution is 2.32. The van der Waals surface area contributed by atoms with Crippen LogP contribution in [0.5, 0.6) is 0 Å². The van der Waals surface area contributed by atoms with E-state index in [1.165, 1.54) is 22.3 Å². The second kappa shape index (κ2) is 7.57. The first-order valence-electron chi connectivity index (χ1n) is 10.2. The normalized spacial score (nSPS) is 11.0. The molecule has 0 N–H and O–H groups in total. The van der Waals surface area contributed by atoms with Crippen molar-refractivity contribution in [1.82, 2.24) is 9.97 Å². The fraction of sp³-hybridized carbons (Fsp3) is 0.0714. The minimum Gasteiger partial charge on any atom is -0.244 e. The van der Waals surface area contributed by atoms with Crippen LogP contribution in [-0.4, -0.2) is 9.97 Å². The second-order valence-corrected chi connectivity index (χ2v) is 7.66. The van der Waals surface area contributed by atoms with Gasteiger partial charge in [-0.25, -0.2) is 9.97 Å². The van der Waals surface area contributed by atoms with Gasteiger partial charge < -0.3 is 0 Å². The topological polar surface area (TPSA) is 25.8 Å². The van der Waals surface area contributed by atoms with Crippen LogP contribution >= 0.6 is 0 Å². The van der Waals surface area contributed by atoms with Gasteiger partial charge >= 0.3 is 0 Å². The zero-order valence-corrected chi connectivity index (χ0v) is 17.1. The highest BCUT2D eigenvalue weighted by molar-refractivity contribution is 5.87. The third-order valence-corrected chi connectivity index (χ3v) is 5.59. The fourth-order valence-electron chi connectivity index (χ4n) is 3.76. The molecule has 0 atom stereocenters. The third kappa shape index (κ3) is 3.37. The van der Waals surface area contributed by atoms with Gasteiger partial charge in [-0.05, 0) is 48.2 Å². The summed E-state index contributed by atoms with van der Waals surface area (Å²) in [5.41, 5.74) is 10.7. The Kier molecular flexibility index (Phi) is 4.61. The summed E-state index contributed by atoms with van der Waals surface area (Å²) in [5, 5.41) is 0. The van der Waals surface area contributed by atoms with Crippen LogP contribution in [0, 0.1) is 13.8 Å². The van der Waals surface area contributed by atoms with Gasteiger partial charge in [0.1, 0.15) is 0 Å². The van der Waals surface area contributed by atoms with Crippen LogP contribution < -0.4 is 0 Å². The van der Waals surface area contributed by atoms with E-state index in [1.807, 2.05) is 24.3 Å². The molecule has 0 radical (unpaired) electrons. The first kappa shape index (κ1) is 18.3. The van der Waals surface area contributed by atoms with Crippen molar-refractivity contribution in [2.75, 3.05) is 0 Å². The Hall–Kier alpha value is -3.78. The summed E-state index contributed by atoms with van der Waals surface area (Å²) in [7, 11) is 0. The van der Waals surface area contributed by atoms with Crippen molar-refractivity contribution in [3.8, 4) is 33.6 Å². The van der Waals surface area contributed by atoms with Crippen molar-refractivity contribution in [2.24, 2.45) is 0 Å². The SMILES string of the molecule is Cc1cc2nc(-c3ccccc3)c(-c3ccc(-c4ccccc4)cc3)nc2cc1C. The zero-order valence-electron chi connectivity index (χ0n) is 17.1. The highest BCUT2D eigenvalue weighted by Gasteiger charge is 2.14. The Morgan fingerprint density at radius 2 is 0.800 bits per heavy atom. The Morgan fingerprint density at radius 1 is 0.433 bits per heavy atom. The molecule has 5 rings (SSSR count). The van der Waals surface area contributed by atoms with E-state index in [0.717, 1.165) is 33.5 Å². The zero-order chi connectivity index (χ0) is 20.5. The Balaban J connectivity index is 1.69. The molecule has 0 amide bonds. The van der Waals surface area contributed by atoms with Crippen molar-refractivity contribution in [2.45, 2.75) is 13.8 Å². The van der Waals surface area contributed by atoms with Gasteiger partial charge in [0.05, 0.1) is 22.4 Å². The Bertz CT molecular complexity index is 1320. The maximum absolute atomic E-state index is 5.06. The molecule has 0 spiro atoms. The van der Waals surface area contributed by atoms with Gasteiger partial charge in [0.25, 0.3) is 0 Å². The molecular weight excluding hydrogens is 364 g/mol. The molecule has 0 saturated carbocycles. The molecule has 5 aromatic rings. The monoisotopic (exact) mass is 386 g/mol. The largest absolute Gasteiger partial charge is 0.244 e. The van der Waals surface area contributed by atoms with E-state index < -0.39 is 0 Å². The molecule has 2 nitrogen and oxygen atoms in total. The number of fused-ring (bicyclic) bond motifs is 1. The lowest BCUT2D eigenvalue weighted by molar-refractivity contribution is 1.26. The first-order chi connectivity index (χ1) is 14.7. The average molecular weight is 386 g/mol. The predicted molar refractivity (Wildman–Crippen MR) is 125 cm³/mol. The van der Waals surface area contributed by atoms with Crippen LogP contribution in [0.4, 0.5) is 0 Å². The van der Waals surface area contributed by atoms with Gasteiger partial charge in [0.2, 0.25) is 0 Å². The molecule has 0 bridgehead atoms. The molecule has 0 unspecified atom stereocenters. The van der Waals surface area contributed by atoms with E-state index in [1.54, 1.807) is 0 Å². The molecule has 4 aromatic carbocycles. The van der Waals surface area contributed by atoms with E-state index >= 15 is 0 Å². The molecular formula is C28H22N2. The molecule has 144 valence electrons.